The summed E-state index contributed by atoms with van der Waals surface area (Å²) in [6, 6.07) is 7.48. The second-order valence-electron chi connectivity index (χ2n) is 4.18. The number of rotatable bonds is 3. The van der Waals surface area contributed by atoms with Crippen LogP contribution in [-0.4, -0.2) is 29.8 Å². The first-order valence-electron chi connectivity index (χ1n) is 5.47. The first-order chi connectivity index (χ1) is 8.12. The van der Waals surface area contributed by atoms with Crippen molar-refractivity contribution in [2.24, 2.45) is 0 Å². The Morgan fingerprint density at radius 1 is 1.53 bits per heavy atom. The fourth-order valence-electron chi connectivity index (χ4n) is 1.96. The molecule has 0 amide bonds. The molecule has 92 valence electrons. The van der Waals surface area contributed by atoms with Gasteiger partial charge in [0.25, 0.3) is 0 Å². The third kappa shape index (κ3) is 2.79. The molecule has 0 spiro atoms. The highest BCUT2D eigenvalue weighted by Gasteiger charge is 2.40. The van der Waals surface area contributed by atoms with Crippen molar-refractivity contribution in [2.75, 3.05) is 18.5 Å². The molecule has 0 aliphatic carbocycles. The zero-order valence-corrected chi connectivity index (χ0v) is 10.9. The van der Waals surface area contributed by atoms with Gasteiger partial charge in [-0.1, -0.05) is 22.0 Å². The average molecular weight is 300 g/mol. The summed E-state index contributed by atoms with van der Waals surface area (Å²) in [7, 11) is 0. The molecule has 17 heavy (non-hydrogen) atoms. The first-order valence-corrected chi connectivity index (χ1v) is 6.27. The maximum absolute atomic E-state index is 11.4. The SMILES string of the molecule is O=C(O)C1(Nc2cccc(Br)c2)CCCOC1. The molecule has 5 heteroatoms. The van der Waals surface area contributed by atoms with Crippen molar-refractivity contribution in [3.8, 4) is 0 Å². The lowest BCUT2D eigenvalue weighted by Crippen LogP contribution is -2.52. The summed E-state index contributed by atoms with van der Waals surface area (Å²) in [6.07, 6.45) is 1.34. The van der Waals surface area contributed by atoms with Gasteiger partial charge in [-0.2, -0.15) is 0 Å². The number of nitrogens with one attached hydrogen (secondary N) is 1. The summed E-state index contributed by atoms with van der Waals surface area (Å²) < 4.78 is 6.21. The summed E-state index contributed by atoms with van der Waals surface area (Å²) >= 11 is 3.36. The van der Waals surface area contributed by atoms with E-state index < -0.39 is 11.5 Å². The van der Waals surface area contributed by atoms with Gasteiger partial charge in [0.15, 0.2) is 5.54 Å². The van der Waals surface area contributed by atoms with E-state index >= 15 is 0 Å². The van der Waals surface area contributed by atoms with Gasteiger partial charge in [-0.15, -0.1) is 0 Å². The zero-order chi connectivity index (χ0) is 12.3. The standard InChI is InChI=1S/C12H14BrNO3/c13-9-3-1-4-10(7-9)14-12(11(15)16)5-2-6-17-8-12/h1,3-4,7,14H,2,5-6,8H2,(H,15,16). The number of carboxylic acids is 1. The Balaban J connectivity index is 2.20. The number of benzene rings is 1. The Morgan fingerprint density at radius 3 is 2.94 bits per heavy atom. The zero-order valence-electron chi connectivity index (χ0n) is 9.28. The van der Waals surface area contributed by atoms with Crippen molar-refractivity contribution >= 4 is 27.6 Å². The molecule has 2 N–H and O–H groups in total. The van der Waals surface area contributed by atoms with Gasteiger partial charge in [-0.05, 0) is 31.0 Å². The normalized spacial score (nSPS) is 24.3. The van der Waals surface area contributed by atoms with Crippen LogP contribution >= 0.6 is 15.9 Å². The molecule has 1 aromatic carbocycles. The smallest absolute Gasteiger partial charge is 0.331 e. The van der Waals surface area contributed by atoms with Crippen molar-refractivity contribution in [3.05, 3.63) is 28.7 Å². The van der Waals surface area contributed by atoms with E-state index in [0.717, 1.165) is 16.6 Å². The molecule has 1 unspecified atom stereocenters. The summed E-state index contributed by atoms with van der Waals surface area (Å²) in [5, 5.41) is 12.4. The van der Waals surface area contributed by atoms with Crippen molar-refractivity contribution in [1.29, 1.82) is 0 Å². The minimum Gasteiger partial charge on any atom is -0.479 e. The third-order valence-electron chi connectivity index (χ3n) is 2.86. The summed E-state index contributed by atoms with van der Waals surface area (Å²) in [6.45, 7) is 0.837. The maximum Gasteiger partial charge on any atom is 0.331 e. The van der Waals surface area contributed by atoms with Crippen LogP contribution in [0.3, 0.4) is 0 Å². The largest absolute Gasteiger partial charge is 0.479 e. The lowest BCUT2D eigenvalue weighted by atomic mass is 9.92. The summed E-state index contributed by atoms with van der Waals surface area (Å²) in [4.78, 5) is 11.4. The molecule has 0 saturated carbocycles. The first kappa shape index (κ1) is 12.4. The van der Waals surface area contributed by atoms with Crippen LogP contribution in [0.2, 0.25) is 0 Å². The van der Waals surface area contributed by atoms with Crippen LogP contribution in [0.5, 0.6) is 0 Å². The van der Waals surface area contributed by atoms with Crippen LogP contribution in [0.15, 0.2) is 28.7 Å². The van der Waals surface area contributed by atoms with E-state index in [0.29, 0.717) is 13.0 Å². The molecule has 4 nitrogen and oxygen atoms in total. The van der Waals surface area contributed by atoms with E-state index in [1.54, 1.807) is 0 Å². The van der Waals surface area contributed by atoms with Gasteiger partial charge in [0.05, 0.1) is 6.61 Å². The quantitative estimate of drug-likeness (QED) is 0.900. The average Bonchev–Trinajstić information content (AvgIpc) is 2.30. The fraction of sp³-hybridized carbons (Fsp3) is 0.417. The van der Waals surface area contributed by atoms with Crippen LogP contribution in [0.4, 0.5) is 5.69 Å². The van der Waals surface area contributed by atoms with Gasteiger partial charge in [0.1, 0.15) is 0 Å². The highest BCUT2D eigenvalue weighted by atomic mass is 79.9. The van der Waals surface area contributed by atoms with Crippen molar-refractivity contribution in [1.82, 2.24) is 0 Å². The van der Waals surface area contributed by atoms with E-state index in [-0.39, 0.29) is 6.61 Å². The molecule has 1 fully saturated rings. The molecule has 1 aliphatic rings. The molecule has 2 rings (SSSR count). The fourth-order valence-corrected chi connectivity index (χ4v) is 2.36. The molecule has 1 atom stereocenters. The van der Waals surface area contributed by atoms with E-state index in [4.69, 9.17) is 4.74 Å². The lowest BCUT2D eigenvalue weighted by molar-refractivity contribution is -0.146. The third-order valence-corrected chi connectivity index (χ3v) is 3.35. The molecule has 0 aromatic heterocycles. The Hall–Kier alpha value is -1.07. The number of carboxylic acid groups (broad SMARTS) is 1. The van der Waals surface area contributed by atoms with Crippen LogP contribution in [0.1, 0.15) is 12.8 Å². The number of carbonyl (C=O) groups is 1. The van der Waals surface area contributed by atoms with Gasteiger partial charge in [-0.25, -0.2) is 4.79 Å². The Bertz CT molecular complexity index is 416. The Labute approximate surface area is 108 Å². The van der Waals surface area contributed by atoms with Crippen molar-refractivity contribution in [3.63, 3.8) is 0 Å². The summed E-state index contributed by atoms with van der Waals surface area (Å²) in [5.74, 6) is -0.864. The van der Waals surface area contributed by atoms with Gasteiger partial charge < -0.3 is 15.2 Å². The summed E-state index contributed by atoms with van der Waals surface area (Å²) in [5.41, 5.74) is -0.216. The minimum absolute atomic E-state index is 0.203. The molecule has 1 heterocycles. The highest BCUT2D eigenvalue weighted by Crippen LogP contribution is 2.26. The van der Waals surface area contributed by atoms with Crippen molar-refractivity contribution < 1.29 is 14.6 Å². The van der Waals surface area contributed by atoms with E-state index in [1.165, 1.54) is 0 Å². The Kier molecular flexibility index (Phi) is 3.69. The van der Waals surface area contributed by atoms with Crippen LogP contribution < -0.4 is 5.32 Å². The number of ether oxygens (including phenoxy) is 1. The van der Waals surface area contributed by atoms with E-state index in [9.17, 15) is 9.90 Å². The molecule has 0 bridgehead atoms. The highest BCUT2D eigenvalue weighted by molar-refractivity contribution is 9.10. The van der Waals surface area contributed by atoms with E-state index in [1.807, 2.05) is 24.3 Å². The van der Waals surface area contributed by atoms with Crippen LogP contribution in [0, 0.1) is 0 Å². The molecular formula is C12H14BrNO3. The lowest BCUT2D eigenvalue weighted by Gasteiger charge is -2.34. The number of hydrogen-bond acceptors (Lipinski definition) is 3. The second kappa shape index (κ2) is 5.06. The van der Waals surface area contributed by atoms with E-state index in [2.05, 4.69) is 21.2 Å². The second-order valence-corrected chi connectivity index (χ2v) is 5.09. The predicted molar refractivity (Wildman–Crippen MR) is 68.2 cm³/mol. The maximum atomic E-state index is 11.4. The van der Waals surface area contributed by atoms with Crippen molar-refractivity contribution in [2.45, 2.75) is 18.4 Å². The number of halogens is 1. The molecule has 1 aromatic rings. The topological polar surface area (TPSA) is 58.6 Å². The molecular weight excluding hydrogens is 286 g/mol. The number of hydrogen-bond donors (Lipinski definition) is 2. The molecule has 0 radical (unpaired) electrons. The van der Waals surface area contributed by atoms with Gasteiger partial charge in [-0.3, -0.25) is 0 Å². The van der Waals surface area contributed by atoms with Gasteiger partial charge in [0.2, 0.25) is 0 Å². The van der Waals surface area contributed by atoms with Crippen LogP contribution in [-0.2, 0) is 9.53 Å². The number of aliphatic carboxylic acids is 1. The monoisotopic (exact) mass is 299 g/mol. The van der Waals surface area contributed by atoms with Gasteiger partial charge >= 0.3 is 5.97 Å². The number of anilines is 1. The van der Waals surface area contributed by atoms with Gasteiger partial charge in [0, 0.05) is 16.8 Å². The molecule has 1 aliphatic heterocycles. The minimum atomic E-state index is -1.00. The van der Waals surface area contributed by atoms with Crippen LogP contribution in [0.25, 0.3) is 0 Å². The Morgan fingerprint density at radius 2 is 2.35 bits per heavy atom. The predicted octanol–water partition coefficient (Wildman–Crippen LogP) is 2.49. The molecule has 1 saturated heterocycles.